The average Bonchev–Trinajstić information content (AvgIpc) is 3.06. The minimum Gasteiger partial charge on any atom is -0.478 e. The van der Waals surface area contributed by atoms with Crippen LogP contribution in [0.2, 0.25) is 5.02 Å². The number of carbonyl (C=O) groups is 2. The number of aryl methyl sites for hydroxylation is 2. The summed E-state index contributed by atoms with van der Waals surface area (Å²) >= 11 is 6.64. The van der Waals surface area contributed by atoms with Crippen LogP contribution in [0, 0.1) is 13.8 Å². The Morgan fingerprint density at radius 2 is 1.57 bits per heavy atom. The summed E-state index contributed by atoms with van der Waals surface area (Å²) in [6, 6.07) is 15.8. The zero-order valence-corrected chi connectivity index (χ0v) is 17.2. The number of anilines is 2. The molecule has 1 aliphatic heterocycles. The van der Waals surface area contributed by atoms with Crippen LogP contribution in [0.15, 0.2) is 54.6 Å². The minimum absolute atomic E-state index is 0.176. The lowest BCUT2D eigenvalue weighted by Gasteiger charge is -2.35. The number of nitrogens with one attached hydrogen (secondary N) is 2. The van der Waals surface area contributed by atoms with Gasteiger partial charge in [0.1, 0.15) is 0 Å². The second kappa shape index (κ2) is 7.07. The van der Waals surface area contributed by atoms with Gasteiger partial charge in [-0.2, -0.15) is 0 Å². The van der Waals surface area contributed by atoms with Crippen LogP contribution in [-0.4, -0.2) is 17.0 Å². The van der Waals surface area contributed by atoms with Crippen molar-refractivity contribution in [3.63, 3.8) is 0 Å². The van der Waals surface area contributed by atoms with Crippen molar-refractivity contribution in [3.8, 4) is 0 Å². The Kier molecular flexibility index (Phi) is 4.67. The lowest BCUT2D eigenvalue weighted by molar-refractivity contribution is 0.0696. The summed E-state index contributed by atoms with van der Waals surface area (Å²) in [7, 11) is 0. The van der Waals surface area contributed by atoms with Crippen LogP contribution in [0.4, 0.5) is 11.4 Å². The lowest BCUT2D eigenvalue weighted by Crippen LogP contribution is -2.41. The van der Waals surface area contributed by atoms with Crippen molar-refractivity contribution in [1.29, 1.82) is 0 Å². The third kappa shape index (κ3) is 3.06. The second-order valence-corrected chi connectivity index (χ2v) is 7.80. The van der Waals surface area contributed by atoms with Crippen LogP contribution in [0.25, 0.3) is 0 Å². The zero-order valence-electron chi connectivity index (χ0n) is 16.4. The number of aromatic carboxylic acids is 1. The van der Waals surface area contributed by atoms with Gasteiger partial charge in [-0.15, -0.1) is 0 Å². The molecule has 3 aromatic carbocycles. The molecular weight excluding hydrogens is 402 g/mol. The van der Waals surface area contributed by atoms with E-state index in [1.165, 1.54) is 0 Å². The predicted molar refractivity (Wildman–Crippen MR) is 117 cm³/mol. The number of hydrogen-bond donors (Lipinski definition) is 4. The number of carboxylic acid groups (broad SMARTS) is 1. The second-order valence-electron chi connectivity index (χ2n) is 7.39. The first kappa shape index (κ1) is 19.8. The molecule has 0 spiro atoms. The SMILES string of the molecule is Cc1cccc(C)c1C1(c2ccc(C(N)=O)cc2Cl)Nc2ccc(C(=O)O)cc2N1. The molecule has 0 radical (unpaired) electrons. The van der Waals surface area contributed by atoms with Crippen molar-refractivity contribution in [2.24, 2.45) is 5.73 Å². The topological polar surface area (TPSA) is 104 Å². The molecule has 0 saturated heterocycles. The van der Waals surface area contributed by atoms with Gasteiger partial charge in [-0.05, 0) is 55.3 Å². The average molecular weight is 422 g/mol. The van der Waals surface area contributed by atoms with E-state index < -0.39 is 17.5 Å². The highest BCUT2D eigenvalue weighted by Crippen LogP contribution is 2.47. The number of amides is 1. The van der Waals surface area contributed by atoms with E-state index in [9.17, 15) is 14.7 Å². The number of rotatable bonds is 4. The van der Waals surface area contributed by atoms with Gasteiger partial charge in [0.05, 0.1) is 16.9 Å². The third-order valence-corrected chi connectivity index (χ3v) is 5.74. The summed E-state index contributed by atoms with van der Waals surface area (Å²) in [5, 5.41) is 16.7. The highest BCUT2D eigenvalue weighted by Gasteiger charge is 2.43. The van der Waals surface area contributed by atoms with E-state index in [0.717, 1.165) is 22.4 Å². The van der Waals surface area contributed by atoms with E-state index in [4.69, 9.17) is 17.3 Å². The summed E-state index contributed by atoms with van der Waals surface area (Å²) in [6.45, 7) is 4.01. The van der Waals surface area contributed by atoms with E-state index in [0.29, 0.717) is 21.8 Å². The standard InChI is InChI=1S/C23H20ClN3O3/c1-12-4-3-5-13(2)20(12)23(16-8-6-14(21(25)28)10-17(16)24)26-18-9-7-15(22(29)30)11-19(18)27-23/h3-11,26-27H,1-2H3,(H2,25,28)(H,29,30). The van der Waals surface area contributed by atoms with Crippen molar-refractivity contribution in [3.05, 3.63) is 93.0 Å². The highest BCUT2D eigenvalue weighted by molar-refractivity contribution is 6.32. The third-order valence-electron chi connectivity index (χ3n) is 5.42. The minimum atomic E-state index is -1.01. The molecule has 4 rings (SSSR count). The number of carbonyl (C=O) groups excluding carboxylic acids is 1. The van der Waals surface area contributed by atoms with Gasteiger partial charge in [0.25, 0.3) is 0 Å². The molecule has 3 aromatic rings. The molecule has 0 saturated carbocycles. The van der Waals surface area contributed by atoms with Crippen LogP contribution in [-0.2, 0) is 5.66 Å². The number of halogens is 1. The number of primary amides is 1. The normalized spacial score (nSPS) is 17.0. The molecule has 1 atom stereocenters. The molecule has 5 N–H and O–H groups in total. The maximum atomic E-state index is 11.6. The Morgan fingerprint density at radius 3 is 2.17 bits per heavy atom. The Morgan fingerprint density at radius 1 is 0.933 bits per heavy atom. The molecule has 30 heavy (non-hydrogen) atoms. The van der Waals surface area contributed by atoms with Crippen molar-refractivity contribution in [2.75, 3.05) is 10.6 Å². The quantitative estimate of drug-likeness (QED) is 0.496. The Hall–Kier alpha value is -3.51. The first-order valence-electron chi connectivity index (χ1n) is 9.33. The van der Waals surface area contributed by atoms with Crippen LogP contribution in [0.1, 0.15) is 43.0 Å². The molecule has 7 heteroatoms. The maximum Gasteiger partial charge on any atom is 0.335 e. The van der Waals surface area contributed by atoms with Gasteiger partial charge >= 0.3 is 5.97 Å². The van der Waals surface area contributed by atoms with Gasteiger partial charge in [0, 0.05) is 21.7 Å². The Labute approximate surface area is 178 Å². The first-order valence-corrected chi connectivity index (χ1v) is 9.71. The van der Waals surface area contributed by atoms with Crippen molar-refractivity contribution in [1.82, 2.24) is 0 Å². The molecule has 1 amide bonds. The number of carboxylic acids is 1. The summed E-state index contributed by atoms with van der Waals surface area (Å²) in [4.78, 5) is 23.1. The molecule has 6 nitrogen and oxygen atoms in total. The summed E-state index contributed by atoms with van der Waals surface area (Å²) < 4.78 is 0. The van der Waals surface area contributed by atoms with E-state index in [1.807, 2.05) is 32.0 Å². The fourth-order valence-corrected chi connectivity index (χ4v) is 4.42. The Balaban J connectivity index is 1.97. The molecule has 1 heterocycles. The lowest BCUT2D eigenvalue weighted by atomic mass is 9.85. The monoisotopic (exact) mass is 421 g/mol. The molecular formula is C23H20ClN3O3. The van der Waals surface area contributed by atoms with Crippen molar-refractivity contribution in [2.45, 2.75) is 19.5 Å². The Bertz CT molecular complexity index is 1190. The summed E-state index contributed by atoms with van der Waals surface area (Å²) in [5.74, 6) is -1.57. The van der Waals surface area contributed by atoms with Crippen molar-refractivity contribution < 1.29 is 14.7 Å². The van der Waals surface area contributed by atoms with Crippen LogP contribution in [0.3, 0.4) is 0 Å². The van der Waals surface area contributed by atoms with Gasteiger partial charge < -0.3 is 21.5 Å². The van der Waals surface area contributed by atoms with Gasteiger partial charge in [0.2, 0.25) is 5.91 Å². The van der Waals surface area contributed by atoms with Crippen LogP contribution < -0.4 is 16.4 Å². The van der Waals surface area contributed by atoms with Gasteiger partial charge in [-0.25, -0.2) is 4.79 Å². The largest absolute Gasteiger partial charge is 0.478 e. The van der Waals surface area contributed by atoms with Gasteiger partial charge in [0.15, 0.2) is 5.66 Å². The van der Waals surface area contributed by atoms with E-state index >= 15 is 0 Å². The fraction of sp³-hybridized carbons (Fsp3) is 0.130. The van der Waals surface area contributed by atoms with E-state index in [1.54, 1.807) is 36.4 Å². The van der Waals surface area contributed by atoms with Gasteiger partial charge in [-0.1, -0.05) is 35.9 Å². The number of fused-ring (bicyclic) bond motifs is 1. The number of hydrogen-bond acceptors (Lipinski definition) is 4. The first-order chi connectivity index (χ1) is 14.2. The predicted octanol–water partition coefficient (Wildman–Crippen LogP) is 4.49. The molecule has 0 bridgehead atoms. The van der Waals surface area contributed by atoms with Gasteiger partial charge in [-0.3, -0.25) is 4.79 Å². The number of benzene rings is 3. The molecule has 152 valence electrons. The number of nitrogens with two attached hydrogens (primary N) is 1. The molecule has 0 aliphatic carbocycles. The highest BCUT2D eigenvalue weighted by atomic mass is 35.5. The summed E-state index contributed by atoms with van der Waals surface area (Å²) in [5.41, 5.74) is 10.0. The molecule has 0 fully saturated rings. The summed E-state index contributed by atoms with van der Waals surface area (Å²) in [6.07, 6.45) is 0. The molecule has 0 aromatic heterocycles. The maximum absolute atomic E-state index is 11.6. The molecule has 1 unspecified atom stereocenters. The van der Waals surface area contributed by atoms with E-state index in [-0.39, 0.29) is 5.56 Å². The van der Waals surface area contributed by atoms with Crippen LogP contribution >= 0.6 is 11.6 Å². The molecule has 1 aliphatic rings. The van der Waals surface area contributed by atoms with Crippen molar-refractivity contribution >= 4 is 34.9 Å². The van der Waals surface area contributed by atoms with E-state index in [2.05, 4.69) is 10.6 Å². The smallest absolute Gasteiger partial charge is 0.335 e. The fourth-order valence-electron chi connectivity index (χ4n) is 4.10. The zero-order chi connectivity index (χ0) is 21.6. The van der Waals surface area contributed by atoms with Crippen LogP contribution in [0.5, 0.6) is 0 Å².